The highest BCUT2D eigenvalue weighted by atomic mass is 19.3. The van der Waals surface area contributed by atoms with E-state index in [4.69, 9.17) is 5.11 Å². The first kappa shape index (κ1) is 14.0. The number of carboxylic acids is 1. The number of halogens is 3. The van der Waals surface area contributed by atoms with E-state index in [1.54, 1.807) is 13.8 Å². The number of hydrogen-bond acceptors (Lipinski definition) is 2. The van der Waals surface area contributed by atoms with Gasteiger partial charge >= 0.3 is 12.0 Å². The molecule has 0 aromatic carbocycles. The van der Waals surface area contributed by atoms with E-state index in [0.717, 1.165) is 0 Å². The van der Waals surface area contributed by atoms with Crippen molar-refractivity contribution in [3.63, 3.8) is 0 Å². The van der Waals surface area contributed by atoms with Crippen molar-refractivity contribution in [2.24, 2.45) is 5.92 Å². The standard InChI is InChI=1S/C9H14F3NO2/c1-5(2)7(9(14)15)13-4-3-6(10)8(11)12/h5,7,13H,3-4H2,1-2H3,(H,14,15). The van der Waals surface area contributed by atoms with Gasteiger partial charge in [-0.2, -0.15) is 8.78 Å². The lowest BCUT2D eigenvalue weighted by atomic mass is 10.0. The summed E-state index contributed by atoms with van der Waals surface area (Å²) >= 11 is 0. The molecule has 2 N–H and O–H groups in total. The van der Waals surface area contributed by atoms with Crippen LogP contribution in [0.15, 0.2) is 11.9 Å². The summed E-state index contributed by atoms with van der Waals surface area (Å²) in [5.74, 6) is -2.77. The molecule has 0 saturated heterocycles. The van der Waals surface area contributed by atoms with E-state index in [2.05, 4.69) is 5.32 Å². The fraction of sp³-hybridized carbons (Fsp3) is 0.667. The Morgan fingerprint density at radius 2 is 1.87 bits per heavy atom. The van der Waals surface area contributed by atoms with E-state index >= 15 is 0 Å². The van der Waals surface area contributed by atoms with Crippen LogP contribution in [0.25, 0.3) is 0 Å². The summed E-state index contributed by atoms with van der Waals surface area (Å²) in [6.07, 6.45) is -2.85. The molecule has 0 fully saturated rings. The van der Waals surface area contributed by atoms with Crippen LogP contribution in [0, 0.1) is 5.92 Å². The van der Waals surface area contributed by atoms with E-state index in [9.17, 15) is 18.0 Å². The molecule has 3 nitrogen and oxygen atoms in total. The largest absolute Gasteiger partial charge is 0.480 e. The molecular formula is C9H14F3NO2. The zero-order chi connectivity index (χ0) is 12.0. The van der Waals surface area contributed by atoms with Gasteiger partial charge in [0.1, 0.15) is 6.04 Å². The Labute approximate surface area is 86.0 Å². The van der Waals surface area contributed by atoms with E-state index in [1.807, 2.05) is 0 Å². The summed E-state index contributed by atoms with van der Waals surface area (Å²) in [6, 6.07) is -0.847. The van der Waals surface area contributed by atoms with E-state index in [-0.39, 0.29) is 12.5 Å². The summed E-state index contributed by atoms with van der Waals surface area (Å²) < 4.78 is 35.6. The summed E-state index contributed by atoms with van der Waals surface area (Å²) in [7, 11) is 0. The number of aliphatic carboxylic acids is 1. The van der Waals surface area contributed by atoms with Crippen LogP contribution in [0.2, 0.25) is 0 Å². The van der Waals surface area contributed by atoms with E-state index in [1.165, 1.54) is 0 Å². The lowest BCUT2D eigenvalue weighted by Gasteiger charge is -2.17. The summed E-state index contributed by atoms with van der Waals surface area (Å²) in [4.78, 5) is 10.6. The molecule has 0 heterocycles. The van der Waals surface area contributed by atoms with Crippen LogP contribution < -0.4 is 5.32 Å². The topological polar surface area (TPSA) is 49.3 Å². The van der Waals surface area contributed by atoms with Crippen LogP contribution in [-0.2, 0) is 4.79 Å². The molecule has 0 rings (SSSR count). The molecule has 0 amide bonds. The smallest absolute Gasteiger partial charge is 0.320 e. The van der Waals surface area contributed by atoms with E-state index in [0.29, 0.717) is 0 Å². The molecule has 0 radical (unpaired) electrons. The number of carboxylic acid groups (broad SMARTS) is 1. The lowest BCUT2D eigenvalue weighted by Crippen LogP contribution is -2.41. The van der Waals surface area contributed by atoms with Crippen molar-refractivity contribution in [2.75, 3.05) is 6.54 Å². The molecule has 6 heteroatoms. The number of hydrogen-bond donors (Lipinski definition) is 2. The summed E-state index contributed by atoms with van der Waals surface area (Å²) in [5, 5.41) is 11.2. The highest BCUT2D eigenvalue weighted by Crippen LogP contribution is 2.12. The molecule has 0 aromatic heterocycles. The molecular weight excluding hydrogens is 211 g/mol. The molecule has 0 spiro atoms. The third-order valence-corrected chi connectivity index (χ3v) is 1.85. The van der Waals surface area contributed by atoms with Crippen LogP contribution in [0.1, 0.15) is 20.3 Å². The van der Waals surface area contributed by atoms with Gasteiger partial charge < -0.3 is 10.4 Å². The number of rotatable bonds is 6. The van der Waals surface area contributed by atoms with Crippen molar-refractivity contribution in [1.82, 2.24) is 5.32 Å². The van der Waals surface area contributed by atoms with Gasteiger partial charge in [-0.3, -0.25) is 4.79 Å². The molecule has 1 atom stereocenters. The third-order valence-electron chi connectivity index (χ3n) is 1.85. The second-order valence-corrected chi connectivity index (χ2v) is 3.43. The Morgan fingerprint density at radius 1 is 1.33 bits per heavy atom. The second kappa shape index (κ2) is 6.44. The molecule has 0 bridgehead atoms. The van der Waals surface area contributed by atoms with Gasteiger partial charge in [-0.15, -0.1) is 0 Å². The average Bonchev–Trinajstić information content (AvgIpc) is 2.10. The molecule has 0 aliphatic heterocycles. The Bertz CT molecular complexity index is 250. The second-order valence-electron chi connectivity index (χ2n) is 3.43. The molecule has 1 unspecified atom stereocenters. The predicted molar refractivity (Wildman–Crippen MR) is 49.2 cm³/mol. The maximum atomic E-state index is 12.3. The Kier molecular flexibility index (Phi) is 6.00. The van der Waals surface area contributed by atoms with Gasteiger partial charge in [0.2, 0.25) is 0 Å². The molecule has 15 heavy (non-hydrogen) atoms. The van der Waals surface area contributed by atoms with Gasteiger partial charge in [-0.1, -0.05) is 13.8 Å². The minimum absolute atomic E-state index is 0.127. The van der Waals surface area contributed by atoms with Gasteiger partial charge in [-0.25, -0.2) is 4.39 Å². The average molecular weight is 225 g/mol. The van der Waals surface area contributed by atoms with Crippen molar-refractivity contribution < 1.29 is 23.1 Å². The quantitative estimate of drug-likeness (QED) is 0.728. The minimum Gasteiger partial charge on any atom is -0.480 e. The molecule has 0 aromatic rings. The molecule has 0 aliphatic rings. The zero-order valence-corrected chi connectivity index (χ0v) is 8.56. The van der Waals surface area contributed by atoms with Crippen LogP contribution >= 0.6 is 0 Å². The van der Waals surface area contributed by atoms with Gasteiger partial charge in [0.25, 0.3) is 0 Å². The number of nitrogens with one attached hydrogen (secondary N) is 1. The maximum absolute atomic E-state index is 12.3. The Morgan fingerprint density at radius 3 is 2.20 bits per heavy atom. The molecule has 0 saturated carbocycles. The summed E-state index contributed by atoms with van der Waals surface area (Å²) in [6.45, 7) is 3.22. The maximum Gasteiger partial charge on any atom is 0.320 e. The van der Waals surface area contributed by atoms with Crippen LogP contribution in [-0.4, -0.2) is 23.7 Å². The van der Waals surface area contributed by atoms with Crippen molar-refractivity contribution in [3.8, 4) is 0 Å². The van der Waals surface area contributed by atoms with Crippen molar-refractivity contribution in [3.05, 3.63) is 11.9 Å². The Hall–Kier alpha value is -1.04. The predicted octanol–water partition coefficient (Wildman–Crippen LogP) is 2.15. The first-order valence-electron chi connectivity index (χ1n) is 4.52. The highest BCUT2D eigenvalue weighted by molar-refractivity contribution is 5.73. The lowest BCUT2D eigenvalue weighted by molar-refractivity contribution is -0.140. The Balaban J connectivity index is 4.03. The molecule has 0 aliphatic carbocycles. The third kappa shape index (κ3) is 5.41. The highest BCUT2D eigenvalue weighted by Gasteiger charge is 2.20. The fourth-order valence-corrected chi connectivity index (χ4v) is 1.04. The zero-order valence-electron chi connectivity index (χ0n) is 8.56. The van der Waals surface area contributed by atoms with Gasteiger partial charge in [-0.05, 0) is 5.92 Å². The van der Waals surface area contributed by atoms with Gasteiger partial charge in [0.05, 0.1) is 0 Å². The SMILES string of the molecule is CC(C)C(NCCC(F)=C(F)F)C(=O)O. The van der Waals surface area contributed by atoms with Crippen LogP contribution in [0.5, 0.6) is 0 Å². The first-order chi connectivity index (χ1) is 6.86. The monoisotopic (exact) mass is 225 g/mol. The van der Waals surface area contributed by atoms with E-state index < -0.39 is 30.3 Å². The van der Waals surface area contributed by atoms with Crippen LogP contribution in [0.4, 0.5) is 13.2 Å². The van der Waals surface area contributed by atoms with Gasteiger partial charge in [0.15, 0.2) is 5.83 Å². The van der Waals surface area contributed by atoms with Crippen molar-refractivity contribution in [1.29, 1.82) is 0 Å². The molecule has 88 valence electrons. The van der Waals surface area contributed by atoms with Crippen molar-refractivity contribution in [2.45, 2.75) is 26.3 Å². The first-order valence-corrected chi connectivity index (χ1v) is 4.52. The van der Waals surface area contributed by atoms with Crippen molar-refractivity contribution >= 4 is 5.97 Å². The summed E-state index contributed by atoms with van der Waals surface area (Å²) in [5.41, 5.74) is 0. The number of carbonyl (C=O) groups is 1. The van der Waals surface area contributed by atoms with Gasteiger partial charge in [0, 0.05) is 13.0 Å². The fourth-order valence-electron chi connectivity index (χ4n) is 1.04. The van der Waals surface area contributed by atoms with Crippen LogP contribution in [0.3, 0.4) is 0 Å². The normalized spacial score (nSPS) is 12.7. The minimum atomic E-state index is -2.35.